The lowest BCUT2D eigenvalue weighted by Gasteiger charge is -2.16. The number of rotatable bonds is 5. The fourth-order valence-electron chi connectivity index (χ4n) is 3.54. The molecule has 4 rings (SSSR count). The molecule has 1 atom stereocenters. The van der Waals surface area contributed by atoms with Gasteiger partial charge in [0.2, 0.25) is 17.4 Å². The molecule has 1 aromatic carbocycles. The van der Waals surface area contributed by atoms with Gasteiger partial charge in [0.25, 0.3) is 0 Å². The number of nitrogens with one attached hydrogen (secondary N) is 3. The van der Waals surface area contributed by atoms with Crippen LogP contribution in [0.4, 0.5) is 5.69 Å². The van der Waals surface area contributed by atoms with Crippen molar-refractivity contribution in [2.24, 2.45) is 5.92 Å². The zero-order valence-corrected chi connectivity index (χ0v) is 15.8. The predicted octanol–water partition coefficient (Wildman–Crippen LogP) is 2.54. The van der Waals surface area contributed by atoms with Gasteiger partial charge >= 0.3 is 0 Å². The second-order valence-corrected chi connectivity index (χ2v) is 7.36. The van der Waals surface area contributed by atoms with E-state index in [2.05, 4.69) is 15.3 Å². The summed E-state index contributed by atoms with van der Waals surface area (Å²) in [7, 11) is 0. The number of H-pyrrole nitrogens is 2. The summed E-state index contributed by atoms with van der Waals surface area (Å²) in [6, 6.07) is 8.59. The van der Waals surface area contributed by atoms with E-state index in [1.807, 2.05) is 24.4 Å². The lowest BCUT2D eigenvalue weighted by atomic mass is 10.1. The maximum atomic E-state index is 12.4. The Bertz CT molecular complexity index is 1100. The third-order valence-electron chi connectivity index (χ3n) is 5.01. The van der Waals surface area contributed by atoms with Gasteiger partial charge in [-0.2, -0.15) is 0 Å². The van der Waals surface area contributed by atoms with Crippen LogP contribution in [0.25, 0.3) is 10.9 Å². The number of carbonyl (C=O) groups excluding carboxylic acids is 2. The largest absolute Gasteiger partial charge is 0.361 e. The number of nitrogens with zero attached hydrogens (tertiary/aromatic N) is 1. The van der Waals surface area contributed by atoms with Crippen LogP contribution in [0.3, 0.4) is 0 Å². The highest BCUT2D eigenvalue weighted by atomic mass is 35.5. The van der Waals surface area contributed by atoms with Gasteiger partial charge in [0.1, 0.15) is 0 Å². The van der Waals surface area contributed by atoms with Crippen LogP contribution in [0.1, 0.15) is 12.0 Å². The maximum Gasteiger partial charge on any atom is 0.249 e. The van der Waals surface area contributed by atoms with E-state index < -0.39 is 5.92 Å². The quantitative estimate of drug-likeness (QED) is 0.616. The van der Waals surface area contributed by atoms with E-state index in [1.165, 1.54) is 12.3 Å². The molecule has 2 aromatic heterocycles. The number of aromatic nitrogens is 2. The van der Waals surface area contributed by atoms with Gasteiger partial charge in [-0.3, -0.25) is 14.4 Å². The Balaban J connectivity index is 1.38. The van der Waals surface area contributed by atoms with Crippen molar-refractivity contribution in [3.8, 4) is 0 Å². The summed E-state index contributed by atoms with van der Waals surface area (Å²) in [6.45, 7) is 0.907. The second-order valence-electron chi connectivity index (χ2n) is 6.93. The summed E-state index contributed by atoms with van der Waals surface area (Å²) in [5.41, 5.74) is 2.22. The van der Waals surface area contributed by atoms with Crippen molar-refractivity contribution in [3.05, 3.63) is 63.7 Å². The zero-order valence-electron chi connectivity index (χ0n) is 15.0. The number of hydrogen-bond acceptors (Lipinski definition) is 3. The van der Waals surface area contributed by atoms with E-state index in [-0.39, 0.29) is 23.8 Å². The van der Waals surface area contributed by atoms with Gasteiger partial charge in [-0.15, -0.1) is 0 Å². The predicted molar refractivity (Wildman–Crippen MR) is 107 cm³/mol. The minimum absolute atomic E-state index is 0.0380. The molecule has 1 aliphatic rings. The molecular formula is C20H19ClN4O3. The normalized spacial score (nSPS) is 16.7. The van der Waals surface area contributed by atoms with Crippen LogP contribution in [0.2, 0.25) is 5.02 Å². The van der Waals surface area contributed by atoms with Crippen LogP contribution < -0.4 is 10.9 Å². The molecule has 1 fully saturated rings. The molecule has 3 heterocycles. The van der Waals surface area contributed by atoms with E-state index in [0.29, 0.717) is 30.2 Å². The van der Waals surface area contributed by atoms with Crippen LogP contribution in [-0.2, 0) is 16.0 Å². The molecule has 1 unspecified atom stereocenters. The van der Waals surface area contributed by atoms with Gasteiger partial charge in [0.15, 0.2) is 0 Å². The minimum atomic E-state index is -0.427. The van der Waals surface area contributed by atoms with Gasteiger partial charge in [-0.05, 0) is 36.2 Å². The van der Waals surface area contributed by atoms with Gasteiger partial charge in [0, 0.05) is 59.6 Å². The first-order valence-corrected chi connectivity index (χ1v) is 9.40. The van der Waals surface area contributed by atoms with E-state index in [4.69, 9.17) is 11.6 Å². The van der Waals surface area contributed by atoms with E-state index >= 15 is 0 Å². The molecule has 8 heteroatoms. The number of hydrogen-bond donors (Lipinski definition) is 3. The number of likely N-dealkylation sites (tertiary alicyclic amines) is 1. The fourth-order valence-corrected chi connectivity index (χ4v) is 3.72. The van der Waals surface area contributed by atoms with Crippen molar-refractivity contribution in [2.45, 2.75) is 12.8 Å². The van der Waals surface area contributed by atoms with E-state index in [9.17, 15) is 14.4 Å². The highest BCUT2D eigenvalue weighted by molar-refractivity contribution is 6.31. The van der Waals surface area contributed by atoms with Gasteiger partial charge in [0.05, 0.1) is 5.92 Å². The van der Waals surface area contributed by atoms with Crippen LogP contribution in [0.5, 0.6) is 0 Å². The molecule has 3 aromatic rings. The Morgan fingerprint density at radius 1 is 1.21 bits per heavy atom. The lowest BCUT2D eigenvalue weighted by molar-refractivity contribution is -0.128. The lowest BCUT2D eigenvalue weighted by Crippen LogP contribution is -2.30. The Morgan fingerprint density at radius 3 is 2.89 bits per heavy atom. The Kier molecular flexibility index (Phi) is 4.92. The number of fused-ring (bicyclic) bond motifs is 1. The van der Waals surface area contributed by atoms with Crippen LogP contribution >= 0.6 is 11.6 Å². The van der Waals surface area contributed by atoms with E-state index in [0.717, 1.165) is 16.5 Å². The molecule has 7 nitrogen and oxygen atoms in total. The number of amides is 2. The topological polar surface area (TPSA) is 98.1 Å². The van der Waals surface area contributed by atoms with Gasteiger partial charge < -0.3 is 20.2 Å². The summed E-state index contributed by atoms with van der Waals surface area (Å²) >= 11 is 6.08. The highest BCUT2D eigenvalue weighted by Crippen LogP contribution is 2.24. The number of carbonyl (C=O) groups is 2. The van der Waals surface area contributed by atoms with Crippen LogP contribution in [0, 0.1) is 5.92 Å². The average molecular weight is 399 g/mol. The minimum Gasteiger partial charge on any atom is -0.361 e. The molecule has 1 aliphatic heterocycles. The first kappa shape index (κ1) is 18.3. The van der Waals surface area contributed by atoms with Crippen molar-refractivity contribution < 1.29 is 9.59 Å². The van der Waals surface area contributed by atoms with Gasteiger partial charge in [-0.25, -0.2) is 0 Å². The molecule has 28 heavy (non-hydrogen) atoms. The number of anilines is 1. The van der Waals surface area contributed by atoms with Crippen molar-refractivity contribution in [2.75, 3.05) is 18.4 Å². The zero-order chi connectivity index (χ0) is 19.7. The standard InChI is InChI=1S/C20H19ClN4O3/c21-14-1-2-17-16(8-14)12(10-23-17)4-6-25-11-13(7-19(25)27)20(28)24-15-3-5-22-18(26)9-15/h1-3,5,8-10,13,23H,4,6-7,11H2,(H2,22,24,26,28). The van der Waals surface area contributed by atoms with Crippen molar-refractivity contribution in [1.82, 2.24) is 14.9 Å². The average Bonchev–Trinajstić information content (AvgIpc) is 3.23. The number of benzene rings is 1. The Labute approximate surface area is 165 Å². The Morgan fingerprint density at radius 2 is 2.07 bits per heavy atom. The number of aromatic amines is 2. The summed E-state index contributed by atoms with van der Waals surface area (Å²) in [6.07, 6.45) is 4.25. The summed E-state index contributed by atoms with van der Waals surface area (Å²) in [5, 5.41) is 4.42. The van der Waals surface area contributed by atoms with Crippen molar-refractivity contribution in [1.29, 1.82) is 0 Å². The smallest absolute Gasteiger partial charge is 0.249 e. The summed E-state index contributed by atoms with van der Waals surface area (Å²) < 4.78 is 0. The third kappa shape index (κ3) is 3.80. The molecule has 2 amide bonds. The van der Waals surface area contributed by atoms with Crippen LogP contribution in [-0.4, -0.2) is 39.8 Å². The van der Waals surface area contributed by atoms with E-state index in [1.54, 1.807) is 11.0 Å². The van der Waals surface area contributed by atoms with Crippen LogP contribution in [0.15, 0.2) is 47.5 Å². The molecule has 0 aliphatic carbocycles. The maximum absolute atomic E-state index is 12.4. The SMILES string of the molecule is O=C(Nc1cc[nH]c(=O)c1)C1CC(=O)N(CCc2c[nH]c3ccc(Cl)cc23)C1. The van der Waals surface area contributed by atoms with Gasteiger partial charge in [-0.1, -0.05) is 11.6 Å². The van der Waals surface area contributed by atoms with Crippen molar-refractivity contribution >= 4 is 40.0 Å². The molecule has 0 spiro atoms. The molecule has 0 saturated carbocycles. The first-order valence-electron chi connectivity index (χ1n) is 9.02. The fraction of sp³-hybridized carbons (Fsp3) is 0.250. The second kappa shape index (κ2) is 7.52. The molecule has 3 N–H and O–H groups in total. The third-order valence-corrected chi connectivity index (χ3v) is 5.24. The summed E-state index contributed by atoms with van der Waals surface area (Å²) in [5.74, 6) is -0.714. The monoisotopic (exact) mass is 398 g/mol. The molecule has 144 valence electrons. The molecule has 0 radical (unpaired) electrons. The summed E-state index contributed by atoms with van der Waals surface area (Å²) in [4.78, 5) is 43.5. The highest BCUT2D eigenvalue weighted by Gasteiger charge is 2.34. The molecular weight excluding hydrogens is 380 g/mol. The first-order chi connectivity index (χ1) is 13.5. The van der Waals surface area contributed by atoms with Crippen molar-refractivity contribution in [3.63, 3.8) is 0 Å². The number of pyridine rings is 1. The molecule has 0 bridgehead atoms. The number of halogens is 1. The Hall–Kier alpha value is -3.06. The molecule has 1 saturated heterocycles.